The quantitative estimate of drug-likeness (QED) is 0.872. The first-order valence-electron chi connectivity index (χ1n) is 8.27. The van der Waals surface area contributed by atoms with E-state index < -0.39 is 27.4 Å². The van der Waals surface area contributed by atoms with Gasteiger partial charge in [0.1, 0.15) is 0 Å². The summed E-state index contributed by atoms with van der Waals surface area (Å²) in [6.45, 7) is 5.36. The fraction of sp³-hybridized carbons (Fsp3) is 0.444. The molecule has 0 aliphatic heterocycles. The minimum absolute atomic E-state index is 0.151. The number of aliphatic carboxylic acids is 1. The summed E-state index contributed by atoms with van der Waals surface area (Å²) in [4.78, 5) is 16.1. The van der Waals surface area contributed by atoms with Crippen molar-refractivity contribution in [2.75, 3.05) is 0 Å². The van der Waals surface area contributed by atoms with Crippen LogP contribution >= 0.6 is 0 Å². The molecule has 2 N–H and O–H groups in total. The van der Waals surface area contributed by atoms with Gasteiger partial charge in [0.25, 0.3) is 0 Å². The van der Waals surface area contributed by atoms with Crippen LogP contribution in [0.25, 0.3) is 10.9 Å². The largest absolute Gasteiger partial charge is 0.481 e. The van der Waals surface area contributed by atoms with Crippen molar-refractivity contribution in [3.63, 3.8) is 0 Å². The molecule has 1 heterocycles. The van der Waals surface area contributed by atoms with Gasteiger partial charge in [0.05, 0.1) is 15.8 Å². The first-order valence-corrected chi connectivity index (χ1v) is 9.76. The maximum absolute atomic E-state index is 13.0. The van der Waals surface area contributed by atoms with Gasteiger partial charge >= 0.3 is 5.97 Å². The SMILES string of the molecule is Cc1cc(S(=O)(=O)NC2CCCC2(C)C(=O)O)c2cccnc2c1C. The molecule has 0 amide bonds. The van der Waals surface area contributed by atoms with Crippen LogP contribution in [-0.4, -0.2) is 30.5 Å². The number of carboxylic acid groups (broad SMARTS) is 1. The third kappa shape index (κ3) is 2.91. The molecule has 1 fully saturated rings. The van der Waals surface area contributed by atoms with Crippen LogP contribution in [0.5, 0.6) is 0 Å². The minimum atomic E-state index is -3.87. The summed E-state index contributed by atoms with van der Waals surface area (Å²) in [5.41, 5.74) is 1.33. The van der Waals surface area contributed by atoms with Crippen LogP contribution in [0.15, 0.2) is 29.3 Å². The van der Waals surface area contributed by atoms with E-state index in [1.165, 1.54) is 0 Å². The van der Waals surface area contributed by atoms with E-state index in [2.05, 4.69) is 9.71 Å². The van der Waals surface area contributed by atoms with Gasteiger partial charge < -0.3 is 5.11 Å². The average Bonchev–Trinajstić information content (AvgIpc) is 2.92. The summed E-state index contributed by atoms with van der Waals surface area (Å²) in [6.07, 6.45) is 3.30. The molecule has 1 aromatic heterocycles. The lowest BCUT2D eigenvalue weighted by Crippen LogP contribution is -2.47. The van der Waals surface area contributed by atoms with Crippen LogP contribution < -0.4 is 4.72 Å². The number of hydrogen-bond donors (Lipinski definition) is 2. The van der Waals surface area contributed by atoms with Gasteiger partial charge in [0, 0.05) is 17.6 Å². The number of carbonyl (C=O) groups is 1. The zero-order valence-corrected chi connectivity index (χ0v) is 15.4. The first-order chi connectivity index (χ1) is 11.7. The second-order valence-electron chi connectivity index (χ2n) is 7.00. The summed E-state index contributed by atoms with van der Waals surface area (Å²) in [5, 5.41) is 10.1. The summed E-state index contributed by atoms with van der Waals surface area (Å²) in [7, 11) is -3.87. The Labute approximate surface area is 147 Å². The molecule has 0 spiro atoms. The van der Waals surface area contributed by atoms with Crippen LogP contribution in [0.2, 0.25) is 0 Å². The Morgan fingerprint density at radius 1 is 1.40 bits per heavy atom. The highest BCUT2D eigenvalue weighted by Gasteiger charge is 2.47. The molecular weight excluding hydrogens is 340 g/mol. The highest BCUT2D eigenvalue weighted by molar-refractivity contribution is 7.89. The van der Waals surface area contributed by atoms with Gasteiger partial charge in [-0.1, -0.05) is 6.42 Å². The molecule has 6 nitrogen and oxygen atoms in total. The van der Waals surface area contributed by atoms with E-state index >= 15 is 0 Å². The fourth-order valence-electron chi connectivity index (χ4n) is 3.56. The number of fused-ring (bicyclic) bond motifs is 1. The number of rotatable bonds is 4. The lowest BCUT2D eigenvalue weighted by Gasteiger charge is -2.27. The Kier molecular flexibility index (Phi) is 4.33. The van der Waals surface area contributed by atoms with Crippen LogP contribution in [0.3, 0.4) is 0 Å². The van der Waals surface area contributed by atoms with Crippen molar-refractivity contribution in [3.05, 3.63) is 35.5 Å². The Bertz CT molecular complexity index is 955. The number of benzene rings is 1. The summed E-state index contributed by atoms with van der Waals surface area (Å²) in [5.74, 6) is -0.968. The topological polar surface area (TPSA) is 96.4 Å². The Hall–Kier alpha value is -1.99. The molecule has 2 unspecified atom stereocenters. The predicted octanol–water partition coefficient (Wildman–Crippen LogP) is 2.77. The van der Waals surface area contributed by atoms with Crippen molar-refractivity contribution in [2.24, 2.45) is 5.41 Å². The summed E-state index contributed by atoms with van der Waals surface area (Å²) < 4.78 is 28.7. The Morgan fingerprint density at radius 2 is 2.12 bits per heavy atom. The van der Waals surface area contributed by atoms with E-state index in [0.29, 0.717) is 30.2 Å². The lowest BCUT2D eigenvalue weighted by molar-refractivity contribution is -0.148. The third-order valence-electron chi connectivity index (χ3n) is 5.40. The molecule has 134 valence electrons. The highest BCUT2D eigenvalue weighted by Crippen LogP contribution is 2.39. The van der Waals surface area contributed by atoms with Gasteiger partial charge in [-0.05, 0) is 62.9 Å². The number of pyridine rings is 1. The van der Waals surface area contributed by atoms with Gasteiger partial charge in [-0.15, -0.1) is 0 Å². The van der Waals surface area contributed by atoms with Gasteiger partial charge in [-0.3, -0.25) is 9.78 Å². The van der Waals surface area contributed by atoms with E-state index in [0.717, 1.165) is 11.1 Å². The van der Waals surface area contributed by atoms with Crippen molar-refractivity contribution in [3.8, 4) is 0 Å². The fourth-order valence-corrected chi connectivity index (χ4v) is 5.22. The molecule has 0 bridgehead atoms. The molecule has 1 aliphatic carbocycles. The molecule has 1 saturated carbocycles. The maximum atomic E-state index is 13.0. The molecule has 1 aromatic carbocycles. The number of carboxylic acids is 1. The van der Waals surface area contributed by atoms with Gasteiger partial charge in [0.2, 0.25) is 10.0 Å². The van der Waals surface area contributed by atoms with Gasteiger partial charge in [-0.2, -0.15) is 0 Å². The van der Waals surface area contributed by atoms with Crippen LogP contribution in [-0.2, 0) is 14.8 Å². The standard InChI is InChI=1S/C18H22N2O4S/c1-11-10-14(13-6-5-9-19-16(13)12(11)2)25(23,24)20-15-7-4-8-18(15,3)17(21)22/h5-6,9-10,15,20H,4,7-8H2,1-3H3,(H,21,22). The first kappa shape index (κ1) is 17.8. The number of aromatic nitrogens is 1. The second kappa shape index (κ2) is 6.07. The Balaban J connectivity index is 2.09. The van der Waals surface area contributed by atoms with Gasteiger partial charge in [0.15, 0.2) is 0 Å². The second-order valence-corrected chi connectivity index (χ2v) is 8.69. The minimum Gasteiger partial charge on any atom is -0.481 e. The van der Waals surface area contributed by atoms with Crippen molar-refractivity contribution in [1.29, 1.82) is 0 Å². The van der Waals surface area contributed by atoms with Gasteiger partial charge in [-0.25, -0.2) is 13.1 Å². The van der Waals surface area contributed by atoms with Crippen molar-refractivity contribution >= 4 is 26.9 Å². The Morgan fingerprint density at radius 3 is 2.80 bits per heavy atom. The van der Waals surface area contributed by atoms with E-state index in [1.54, 1.807) is 31.3 Å². The molecular formula is C18H22N2O4S. The molecule has 2 aromatic rings. The number of aryl methyl sites for hydroxylation is 2. The predicted molar refractivity (Wildman–Crippen MR) is 94.9 cm³/mol. The molecule has 0 saturated heterocycles. The van der Waals surface area contributed by atoms with Crippen molar-refractivity contribution < 1.29 is 18.3 Å². The number of nitrogens with one attached hydrogen (secondary N) is 1. The maximum Gasteiger partial charge on any atom is 0.310 e. The molecule has 25 heavy (non-hydrogen) atoms. The molecule has 1 aliphatic rings. The highest BCUT2D eigenvalue weighted by atomic mass is 32.2. The molecule has 3 rings (SSSR count). The number of sulfonamides is 1. The summed E-state index contributed by atoms with van der Waals surface area (Å²) in [6, 6.07) is 4.44. The van der Waals surface area contributed by atoms with E-state index in [4.69, 9.17) is 0 Å². The number of hydrogen-bond acceptors (Lipinski definition) is 4. The third-order valence-corrected chi connectivity index (χ3v) is 6.91. The van der Waals surface area contributed by atoms with E-state index in [1.807, 2.05) is 13.8 Å². The van der Waals surface area contributed by atoms with Crippen LogP contribution in [0.1, 0.15) is 37.3 Å². The normalized spacial score (nSPS) is 23.9. The van der Waals surface area contributed by atoms with Crippen LogP contribution in [0, 0.1) is 19.3 Å². The number of nitrogens with zero attached hydrogens (tertiary/aromatic N) is 1. The smallest absolute Gasteiger partial charge is 0.310 e. The van der Waals surface area contributed by atoms with Crippen LogP contribution in [0.4, 0.5) is 0 Å². The zero-order chi connectivity index (χ0) is 18.4. The average molecular weight is 362 g/mol. The molecule has 7 heteroatoms. The molecule has 2 atom stereocenters. The van der Waals surface area contributed by atoms with E-state index in [9.17, 15) is 18.3 Å². The zero-order valence-electron chi connectivity index (χ0n) is 14.5. The van der Waals surface area contributed by atoms with E-state index in [-0.39, 0.29) is 4.90 Å². The lowest BCUT2D eigenvalue weighted by atomic mass is 9.85. The van der Waals surface area contributed by atoms with Crippen molar-refractivity contribution in [2.45, 2.75) is 51.0 Å². The molecule has 0 radical (unpaired) electrons. The van der Waals surface area contributed by atoms with Crippen molar-refractivity contribution in [1.82, 2.24) is 9.71 Å². The monoisotopic (exact) mass is 362 g/mol. The summed E-state index contributed by atoms with van der Waals surface area (Å²) >= 11 is 0.